The van der Waals surface area contributed by atoms with E-state index in [1.807, 2.05) is 0 Å². The maximum absolute atomic E-state index is 10.7. The van der Waals surface area contributed by atoms with Crippen molar-refractivity contribution in [3.05, 3.63) is 47.4 Å². The lowest BCUT2D eigenvalue weighted by Crippen LogP contribution is -1.99. The first-order valence-electron chi connectivity index (χ1n) is 6.73. The fraction of sp³-hybridized carbons (Fsp3) is 0.125. The van der Waals surface area contributed by atoms with Gasteiger partial charge in [0.1, 0.15) is 30.3 Å². The number of benzene rings is 1. The first kappa shape index (κ1) is 16.6. The lowest BCUT2D eigenvalue weighted by molar-refractivity contribution is 0.0658. The van der Waals surface area contributed by atoms with E-state index in [-0.39, 0.29) is 18.1 Å². The minimum atomic E-state index is -1.14. The fourth-order valence-corrected chi connectivity index (χ4v) is 1.77. The summed E-state index contributed by atoms with van der Waals surface area (Å²) in [6, 6.07) is 11.3. The number of furan rings is 1. The maximum atomic E-state index is 10.7. The van der Waals surface area contributed by atoms with E-state index in [4.69, 9.17) is 24.8 Å². The van der Waals surface area contributed by atoms with Crippen LogP contribution >= 0.6 is 0 Å². The Morgan fingerprint density at radius 2 is 2.08 bits per heavy atom. The van der Waals surface area contributed by atoms with E-state index in [0.717, 1.165) is 5.56 Å². The van der Waals surface area contributed by atoms with Crippen molar-refractivity contribution in [3.63, 3.8) is 0 Å². The van der Waals surface area contributed by atoms with Crippen LogP contribution in [0.15, 0.2) is 39.9 Å². The van der Waals surface area contributed by atoms with Gasteiger partial charge in [0.05, 0.1) is 5.69 Å². The number of hydrogen-bond acceptors (Lipinski definition) is 7. The number of carboxylic acid groups (broad SMARTS) is 1. The maximum Gasteiger partial charge on any atom is 0.371 e. The second-order valence-electron chi connectivity index (χ2n) is 4.63. The summed E-state index contributed by atoms with van der Waals surface area (Å²) < 4.78 is 10.6. The van der Waals surface area contributed by atoms with Crippen LogP contribution in [0.4, 0.5) is 5.69 Å². The topological polar surface area (TPSA) is 132 Å². The van der Waals surface area contributed by atoms with Gasteiger partial charge >= 0.3 is 5.97 Å². The lowest BCUT2D eigenvalue weighted by atomic mass is 10.2. The van der Waals surface area contributed by atoms with Crippen molar-refractivity contribution in [1.29, 1.82) is 10.5 Å². The molecule has 0 atom stereocenters. The second-order valence-corrected chi connectivity index (χ2v) is 4.63. The summed E-state index contributed by atoms with van der Waals surface area (Å²) in [7, 11) is 0. The molecule has 0 bridgehead atoms. The summed E-state index contributed by atoms with van der Waals surface area (Å²) in [5.74, 6) is -0.337. The number of carbonyl (C=O) groups is 1. The summed E-state index contributed by atoms with van der Waals surface area (Å²) in [6.07, 6.45) is 0. The highest BCUT2D eigenvalue weighted by Crippen LogP contribution is 2.22. The van der Waals surface area contributed by atoms with E-state index in [1.165, 1.54) is 12.1 Å². The summed E-state index contributed by atoms with van der Waals surface area (Å²) in [5.41, 5.74) is 3.77. The van der Waals surface area contributed by atoms with Gasteiger partial charge in [-0.05, 0) is 42.8 Å². The van der Waals surface area contributed by atoms with Gasteiger partial charge in [-0.1, -0.05) is 0 Å². The van der Waals surface area contributed by atoms with E-state index in [9.17, 15) is 4.79 Å². The van der Waals surface area contributed by atoms with E-state index < -0.39 is 5.97 Å². The Kier molecular flexibility index (Phi) is 5.17. The van der Waals surface area contributed by atoms with Gasteiger partial charge < -0.3 is 14.3 Å². The van der Waals surface area contributed by atoms with Crippen molar-refractivity contribution in [1.82, 2.24) is 0 Å². The van der Waals surface area contributed by atoms with Gasteiger partial charge in [-0.15, -0.1) is 0 Å². The van der Waals surface area contributed by atoms with Crippen molar-refractivity contribution in [2.75, 3.05) is 5.43 Å². The van der Waals surface area contributed by atoms with Crippen molar-refractivity contribution < 1.29 is 19.1 Å². The van der Waals surface area contributed by atoms with Crippen LogP contribution in [0.2, 0.25) is 0 Å². The van der Waals surface area contributed by atoms with E-state index in [0.29, 0.717) is 17.2 Å². The van der Waals surface area contributed by atoms with Gasteiger partial charge in [0, 0.05) is 0 Å². The number of hydrazone groups is 1. The molecule has 8 heteroatoms. The Bertz CT molecular complexity index is 855. The summed E-state index contributed by atoms with van der Waals surface area (Å²) in [6.45, 7) is 1.89. The van der Waals surface area contributed by atoms with Crippen LogP contribution in [0.3, 0.4) is 0 Å². The Hall–Kier alpha value is -3.78. The van der Waals surface area contributed by atoms with Crippen molar-refractivity contribution in [3.8, 4) is 17.9 Å². The minimum Gasteiger partial charge on any atom is -0.486 e. The van der Waals surface area contributed by atoms with Crippen molar-refractivity contribution in [2.24, 2.45) is 5.10 Å². The van der Waals surface area contributed by atoms with Crippen LogP contribution in [-0.4, -0.2) is 16.8 Å². The predicted molar refractivity (Wildman–Crippen MR) is 83.5 cm³/mol. The predicted octanol–water partition coefficient (Wildman–Crippen LogP) is 2.68. The van der Waals surface area contributed by atoms with Crippen LogP contribution in [0.1, 0.15) is 21.9 Å². The minimum absolute atomic E-state index is 0.0880. The quantitative estimate of drug-likeness (QED) is 0.616. The molecular weight excluding hydrogens is 312 g/mol. The molecule has 120 valence electrons. The zero-order chi connectivity index (χ0) is 17.5. The number of aromatic carboxylic acids is 1. The van der Waals surface area contributed by atoms with Gasteiger partial charge in [-0.2, -0.15) is 15.6 Å². The number of carboxylic acids is 1. The van der Waals surface area contributed by atoms with Crippen LogP contribution in [0, 0.1) is 29.6 Å². The van der Waals surface area contributed by atoms with Gasteiger partial charge in [0.25, 0.3) is 0 Å². The Balaban J connectivity index is 2.01. The van der Waals surface area contributed by atoms with Crippen molar-refractivity contribution in [2.45, 2.75) is 13.5 Å². The lowest BCUT2D eigenvalue weighted by Gasteiger charge is -2.09. The van der Waals surface area contributed by atoms with Gasteiger partial charge in [0.2, 0.25) is 11.5 Å². The third-order valence-corrected chi connectivity index (χ3v) is 2.95. The van der Waals surface area contributed by atoms with E-state index >= 15 is 0 Å². The summed E-state index contributed by atoms with van der Waals surface area (Å²) in [4.78, 5) is 10.7. The number of ether oxygens (including phenoxy) is 1. The molecule has 2 aromatic rings. The monoisotopic (exact) mass is 324 g/mol. The average Bonchev–Trinajstić information content (AvgIpc) is 3.04. The number of rotatable bonds is 6. The normalized spacial score (nSPS) is 9.46. The smallest absolute Gasteiger partial charge is 0.371 e. The molecule has 0 amide bonds. The zero-order valence-electron chi connectivity index (χ0n) is 12.6. The molecule has 0 fully saturated rings. The standard InChI is InChI=1S/C16H12N4O4/c1-10-6-12(2-4-14(10)20-19-11(7-17)8-18)23-9-13-3-5-15(24-13)16(21)22/h2-6,20H,9H2,1H3,(H,21,22). The van der Waals surface area contributed by atoms with Gasteiger partial charge in [-0.3, -0.25) is 5.43 Å². The molecule has 0 radical (unpaired) electrons. The van der Waals surface area contributed by atoms with Crippen LogP contribution in [-0.2, 0) is 6.61 Å². The number of nitrogens with zero attached hydrogens (tertiary/aromatic N) is 3. The first-order chi connectivity index (χ1) is 11.5. The molecule has 24 heavy (non-hydrogen) atoms. The number of anilines is 1. The molecule has 0 saturated heterocycles. The van der Waals surface area contributed by atoms with E-state index in [2.05, 4.69) is 10.5 Å². The molecule has 2 N–H and O–H groups in total. The Morgan fingerprint density at radius 3 is 2.67 bits per heavy atom. The number of aryl methyl sites for hydroxylation is 1. The fourth-order valence-electron chi connectivity index (χ4n) is 1.77. The molecule has 0 aliphatic heterocycles. The molecule has 2 rings (SSSR count). The van der Waals surface area contributed by atoms with Crippen LogP contribution in [0.5, 0.6) is 5.75 Å². The molecule has 0 saturated carbocycles. The van der Waals surface area contributed by atoms with Crippen molar-refractivity contribution >= 4 is 17.4 Å². The van der Waals surface area contributed by atoms with Gasteiger partial charge in [-0.25, -0.2) is 4.79 Å². The molecule has 0 spiro atoms. The molecule has 8 nitrogen and oxygen atoms in total. The summed E-state index contributed by atoms with van der Waals surface area (Å²) in [5, 5.41) is 29.7. The molecule has 0 unspecified atom stereocenters. The number of nitrogens with one attached hydrogen (secondary N) is 1. The number of hydrogen-bond donors (Lipinski definition) is 2. The Morgan fingerprint density at radius 1 is 1.33 bits per heavy atom. The van der Waals surface area contributed by atoms with Gasteiger partial charge in [0.15, 0.2) is 0 Å². The molecule has 1 heterocycles. The largest absolute Gasteiger partial charge is 0.486 e. The molecule has 0 aliphatic carbocycles. The Labute approximate surface area is 137 Å². The molecule has 1 aromatic heterocycles. The van der Waals surface area contributed by atoms with E-state index in [1.54, 1.807) is 37.3 Å². The third-order valence-electron chi connectivity index (χ3n) is 2.95. The SMILES string of the molecule is Cc1cc(OCc2ccc(C(=O)O)o2)ccc1NN=C(C#N)C#N. The van der Waals surface area contributed by atoms with Crippen LogP contribution < -0.4 is 10.2 Å². The third kappa shape index (κ3) is 4.12. The summed E-state index contributed by atoms with van der Waals surface area (Å²) >= 11 is 0. The first-order valence-corrected chi connectivity index (χ1v) is 6.73. The highest BCUT2D eigenvalue weighted by atomic mass is 16.5. The zero-order valence-corrected chi connectivity index (χ0v) is 12.6. The highest BCUT2D eigenvalue weighted by Gasteiger charge is 2.09. The van der Waals surface area contributed by atoms with Crippen LogP contribution in [0.25, 0.3) is 0 Å². The average molecular weight is 324 g/mol. The second kappa shape index (κ2) is 7.47. The number of nitriles is 2. The molecule has 0 aliphatic rings. The molecule has 1 aromatic carbocycles. The highest BCUT2D eigenvalue weighted by molar-refractivity contribution is 6.10. The molecular formula is C16H12N4O4.